The number of para-hydroxylation sites is 1. The number of benzene rings is 2. The lowest BCUT2D eigenvalue weighted by Crippen LogP contribution is -2.49. The van der Waals surface area contributed by atoms with Crippen molar-refractivity contribution in [2.45, 2.75) is 45.3 Å². The second-order valence-electron chi connectivity index (χ2n) is 8.03. The molecule has 1 atom stereocenters. The first-order valence-electron chi connectivity index (χ1n) is 9.81. The third kappa shape index (κ3) is 5.29. The summed E-state index contributed by atoms with van der Waals surface area (Å²) in [6, 6.07) is 14.6. The van der Waals surface area contributed by atoms with Gasteiger partial charge in [0.2, 0.25) is 5.91 Å². The van der Waals surface area contributed by atoms with Gasteiger partial charge >= 0.3 is 6.09 Å². The smallest absolute Gasteiger partial charge is 0.408 e. The molecular weight excluding hydrogens is 382 g/mol. The Morgan fingerprint density at radius 3 is 2.60 bits per heavy atom. The molecule has 0 saturated carbocycles. The minimum Gasteiger partial charge on any atom is -0.456 e. The molecule has 156 valence electrons. The van der Waals surface area contributed by atoms with E-state index in [-0.39, 0.29) is 25.3 Å². The van der Waals surface area contributed by atoms with Crippen LogP contribution >= 0.6 is 0 Å². The number of hydrogen-bond donors (Lipinski definition) is 2. The number of furan rings is 1. The molecule has 2 aromatic carbocycles. The second-order valence-corrected chi connectivity index (χ2v) is 8.03. The van der Waals surface area contributed by atoms with Gasteiger partial charge in [-0.3, -0.25) is 4.79 Å². The van der Waals surface area contributed by atoms with E-state index in [1.165, 1.54) is 0 Å². The first kappa shape index (κ1) is 21.2. The number of rotatable bonds is 6. The van der Waals surface area contributed by atoms with Crippen molar-refractivity contribution in [2.24, 2.45) is 0 Å². The zero-order chi connectivity index (χ0) is 21.7. The molecule has 3 rings (SSSR count). The topological polar surface area (TPSA) is 104 Å². The van der Waals surface area contributed by atoms with Crippen molar-refractivity contribution in [3.63, 3.8) is 0 Å². The van der Waals surface area contributed by atoms with E-state index in [2.05, 4.69) is 10.6 Å². The molecule has 0 aliphatic carbocycles. The molecule has 2 N–H and O–H groups in total. The van der Waals surface area contributed by atoms with Crippen LogP contribution in [0.2, 0.25) is 0 Å². The summed E-state index contributed by atoms with van der Waals surface area (Å²) in [4.78, 5) is 24.9. The van der Waals surface area contributed by atoms with Crippen LogP contribution in [0.1, 0.15) is 32.8 Å². The van der Waals surface area contributed by atoms with Crippen molar-refractivity contribution in [1.29, 1.82) is 5.26 Å². The van der Waals surface area contributed by atoms with E-state index in [0.717, 1.165) is 27.5 Å². The fraction of sp³-hybridized carbons (Fsp3) is 0.348. The van der Waals surface area contributed by atoms with Crippen molar-refractivity contribution >= 4 is 33.9 Å². The third-order valence-electron chi connectivity index (χ3n) is 4.43. The van der Waals surface area contributed by atoms with E-state index in [0.29, 0.717) is 0 Å². The highest BCUT2D eigenvalue weighted by Gasteiger charge is 2.25. The number of fused-ring (bicyclic) bond motifs is 3. The van der Waals surface area contributed by atoms with Crippen LogP contribution in [0.15, 0.2) is 46.9 Å². The number of amides is 2. The Labute approximate surface area is 175 Å². The van der Waals surface area contributed by atoms with Crippen LogP contribution in [0.3, 0.4) is 0 Å². The third-order valence-corrected chi connectivity index (χ3v) is 4.43. The van der Waals surface area contributed by atoms with Crippen molar-refractivity contribution < 1.29 is 18.7 Å². The number of hydrogen-bond acceptors (Lipinski definition) is 5. The SMILES string of the molecule is CC(C)(C)OC(=O)N[C@@H](Cc1ccc2c(c1)oc1ccccc12)C(=O)NCCC#N. The van der Waals surface area contributed by atoms with Crippen LogP contribution in [0, 0.1) is 11.3 Å². The Bertz CT molecular complexity index is 1110. The highest BCUT2D eigenvalue weighted by atomic mass is 16.6. The van der Waals surface area contributed by atoms with Crippen LogP contribution < -0.4 is 10.6 Å². The molecule has 0 aliphatic heterocycles. The molecule has 7 heteroatoms. The predicted octanol–water partition coefficient (Wildman–Crippen LogP) is 4.05. The van der Waals surface area contributed by atoms with Crippen LogP contribution in [0.5, 0.6) is 0 Å². The quantitative estimate of drug-likeness (QED) is 0.600. The maximum atomic E-state index is 12.6. The minimum absolute atomic E-state index is 0.190. The van der Waals surface area contributed by atoms with E-state index in [9.17, 15) is 9.59 Å². The number of carbonyl (C=O) groups is 2. The molecule has 1 aromatic heterocycles. The van der Waals surface area contributed by atoms with Crippen LogP contribution in [-0.4, -0.2) is 30.2 Å². The van der Waals surface area contributed by atoms with Crippen molar-refractivity contribution in [1.82, 2.24) is 10.6 Å². The highest BCUT2D eigenvalue weighted by molar-refractivity contribution is 6.04. The van der Waals surface area contributed by atoms with E-state index in [1.807, 2.05) is 48.5 Å². The monoisotopic (exact) mass is 407 g/mol. The second kappa shape index (κ2) is 8.87. The predicted molar refractivity (Wildman–Crippen MR) is 114 cm³/mol. The van der Waals surface area contributed by atoms with Gasteiger partial charge in [0.05, 0.1) is 12.5 Å². The largest absolute Gasteiger partial charge is 0.456 e. The molecule has 0 radical (unpaired) electrons. The molecule has 2 amide bonds. The molecular formula is C23H25N3O4. The van der Waals surface area contributed by atoms with Gasteiger partial charge in [-0.05, 0) is 38.5 Å². The number of carbonyl (C=O) groups excluding carboxylic acids is 2. The fourth-order valence-corrected chi connectivity index (χ4v) is 3.16. The summed E-state index contributed by atoms with van der Waals surface area (Å²) in [5.41, 5.74) is 1.66. The van der Waals surface area contributed by atoms with E-state index >= 15 is 0 Å². The standard InChI is InChI=1S/C23H25N3O4/c1-23(2,3)30-22(28)26-18(21(27)25-12-6-11-24)13-15-9-10-17-16-7-4-5-8-19(16)29-20(17)14-15/h4-5,7-10,14,18H,6,12-13H2,1-3H3,(H,25,27)(H,26,28)/t18-/m0/s1. The summed E-state index contributed by atoms with van der Waals surface area (Å²) < 4.78 is 11.2. The Kier molecular flexibility index (Phi) is 6.26. The Morgan fingerprint density at radius 2 is 1.87 bits per heavy atom. The minimum atomic E-state index is -0.847. The zero-order valence-electron chi connectivity index (χ0n) is 17.3. The first-order valence-corrected chi connectivity index (χ1v) is 9.81. The summed E-state index contributed by atoms with van der Waals surface area (Å²) in [6.45, 7) is 5.47. The number of nitrogens with one attached hydrogen (secondary N) is 2. The van der Waals surface area contributed by atoms with Gasteiger partial charge in [0, 0.05) is 23.7 Å². The van der Waals surface area contributed by atoms with Crippen molar-refractivity contribution in [2.75, 3.05) is 6.54 Å². The molecule has 0 bridgehead atoms. The summed E-state index contributed by atoms with van der Waals surface area (Å²) in [5.74, 6) is -0.374. The van der Waals surface area contributed by atoms with Gasteiger partial charge < -0.3 is 19.8 Å². The summed E-state index contributed by atoms with van der Waals surface area (Å²) in [6.07, 6.45) is -0.228. The molecule has 0 saturated heterocycles. The molecule has 7 nitrogen and oxygen atoms in total. The average molecular weight is 407 g/mol. The summed E-state index contributed by atoms with van der Waals surface area (Å²) >= 11 is 0. The van der Waals surface area contributed by atoms with E-state index in [4.69, 9.17) is 14.4 Å². The molecule has 3 aromatic rings. The number of ether oxygens (including phenoxy) is 1. The lowest BCUT2D eigenvalue weighted by molar-refractivity contribution is -0.123. The lowest BCUT2D eigenvalue weighted by Gasteiger charge is -2.23. The summed E-state index contributed by atoms with van der Waals surface area (Å²) in [7, 11) is 0. The van der Waals surface area contributed by atoms with Gasteiger partial charge in [-0.25, -0.2) is 4.79 Å². The Morgan fingerprint density at radius 1 is 1.13 bits per heavy atom. The first-order chi connectivity index (χ1) is 14.3. The number of alkyl carbamates (subject to hydrolysis) is 1. The van der Waals surface area contributed by atoms with Crippen LogP contribution in [0.4, 0.5) is 4.79 Å². The fourth-order valence-electron chi connectivity index (χ4n) is 3.16. The van der Waals surface area contributed by atoms with Gasteiger partial charge in [0.15, 0.2) is 0 Å². The average Bonchev–Trinajstić information content (AvgIpc) is 3.04. The van der Waals surface area contributed by atoms with Gasteiger partial charge in [-0.15, -0.1) is 0 Å². The van der Waals surface area contributed by atoms with Crippen LogP contribution in [-0.2, 0) is 16.0 Å². The maximum Gasteiger partial charge on any atom is 0.408 e. The molecule has 0 aliphatic rings. The van der Waals surface area contributed by atoms with Crippen molar-refractivity contribution in [3.8, 4) is 6.07 Å². The van der Waals surface area contributed by atoms with Crippen LogP contribution in [0.25, 0.3) is 21.9 Å². The molecule has 30 heavy (non-hydrogen) atoms. The molecule has 1 heterocycles. The number of nitriles is 1. The molecule has 0 fully saturated rings. The van der Waals surface area contributed by atoms with Gasteiger partial charge in [0.25, 0.3) is 0 Å². The highest BCUT2D eigenvalue weighted by Crippen LogP contribution is 2.29. The maximum absolute atomic E-state index is 12.6. The van der Waals surface area contributed by atoms with Gasteiger partial charge in [-0.1, -0.05) is 30.3 Å². The van der Waals surface area contributed by atoms with Gasteiger partial charge in [0.1, 0.15) is 22.8 Å². The lowest BCUT2D eigenvalue weighted by atomic mass is 10.0. The normalized spacial score (nSPS) is 12.3. The zero-order valence-corrected chi connectivity index (χ0v) is 17.3. The van der Waals surface area contributed by atoms with E-state index < -0.39 is 17.7 Å². The Balaban J connectivity index is 1.81. The van der Waals surface area contributed by atoms with Crippen molar-refractivity contribution in [3.05, 3.63) is 48.0 Å². The van der Waals surface area contributed by atoms with E-state index in [1.54, 1.807) is 20.8 Å². The number of nitrogens with zero attached hydrogens (tertiary/aromatic N) is 1. The molecule has 0 spiro atoms. The molecule has 0 unspecified atom stereocenters. The summed E-state index contributed by atoms with van der Waals surface area (Å²) in [5, 5.41) is 16.0. The van der Waals surface area contributed by atoms with Gasteiger partial charge in [-0.2, -0.15) is 5.26 Å². The Hall–Kier alpha value is -3.53.